The van der Waals surface area contributed by atoms with Gasteiger partial charge in [0, 0.05) is 12.6 Å². The van der Waals surface area contributed by atoms with E-state index in [1.54, 1.807) is 0 Å². The summed E-state index contributed by atoms with van der Waals surface area (Å²) in [6.07, 6.45) is 6.26. The van der Waals surface area contributed by atoms with E-state index >= 15 is 0 Å². The fourth-order valence-corrected chi connectivity index (χ4v) is 2.48. The van der Waals surface area contributed by atoms with E-state index in [2.05, 4.69) is 11.8 Å². The lowest BCUT2D eigenvalue weighted by atomic mass is 10.3. The minimum Gasteiger partial charge on any atom is -0.396 e. The maximum Gasteiger partial charge on any atom is 0.0431 e. The standard InChI is InChI=1S/C12H25NOS/c1-2-15-11-5-9-13(12-6-7-12)8-3-4-10-14/h12,14H,2-11H2,1H3. The van der Waals surface area contributed by atoms with Gasteiger partial charge in [0.05, 0.1) is 0 Å². The summed E-state index contributed by atoms with van der Waals surface area (Å²) < 4.78 is 0. The molecule has 15 heavy (non-hydrogen) atoms. The van der Waals surface area contributed by atoms with Crippen LogP contribution in [-0.2, 0) is 0 Å². The molecule has 1 aliphatic carbocycles. The molecule has 90 valence electrons. The highest BCUT2D eigenvalue weighted by molar-refractivity contribution is 7.99. The van der Waals surface area contributed by atoms with Crippen molar-refractivity contribution in [1.82, 2.24) is 4.90 Å². The number of hydrogen-bond acceptors (Lipinski definition) is 3. The highest BCUT2D eigenvalue weighted by Crippen LogP contribution is 2.27. The molecule has 0 atom stereocenters. The van der Waals surface area contributed by atoms with Crippen molar-refractivity contribution in [2.45, 2.75) is 45.1 Å². The van der Waals surface area contributed by atoms with Crippen molar-refractivity contribution in [2.24, 2.45) is 0 Å². The molecule has 0 bridgehead atoms. The first-order chi connectivity index (χ1) is 7.38. The topological polar surface area (TPSA) is 23.5 Å². The second kappa shape index (κ2) is 8.43. The maximum atomic E-state index is 8.76. The van der Waals surface area contributed by atoms with Crippen LogP contribution in [0.5, 0.6) is 0 Å². The second-order valence-electron chi connectivity index (χ2n) is 4.25. The number of thioether (sulfide) groups is 1. The zero-order chi connectivity index (χ0) is 10.9. The fraction of sp³-hybridized carbons (Fsp3) is 1.00. The van der Waals surface area contributed by atoms with Crippen LogP contribution in [0.4, 0.5) is 0 Å². The molecule has 1 saturated carbocycles. The molecule has 0 radical (unpaired) electrons. The Morgan fingerprint density at radius 3 is 2.53 bits per heavy atom. The van der Waals surface area contributed by atoms with Gasteiger partial charge in [0.15, 0.2) is 0 Å². The van der Waals surface area contributed by atoms with Gasteiger partial charge in [0.1, 0.15) is 0 Å². The van der Waals surface area contributed by atoms with Gasteiger partial charge < -0.3 is 10.0 Å². The molecular formula is C12H25NOS. The summed E-state index contributed by atoms with van der Waals surface area (Å²) >= 11 is 2.04. The number of hydrogen-bond donors (Lipinski definition) is 1. The van der Waals surface area contributed by atoms with Gasteiger partial charge in [-0.25, -0.2) is 0 Å². The fourth-order valence-electron chi connectivity index (χ4n) is 1.86. The van der Waals surface area contributed by atoms with E-state index < -0.39 is 0 Å². The lowest BCUT2D eigenvalue weighted by molar-refractivity contribution is 0.235. The smallest absolute Gasteiger partial charge is 0.0431 e. The summed E-state index contributed by atoms with van der Waals surface area (Å²) in [7, 11) is 0. The molecule has 0 amide bonds. The lowest BCUT2D eigenvalue weighted by Crippen LogP contribution is -2.28. The molecule has 1 aliphatic rings. The molecule has 2 nitrogen and oxygen atoms in total. The van der Waals surface area contributed by atoms with Crippen molar-refractivity contribution in [3.63, 3.8) is 0 Å². The van der Waals surface area contributed by atoms with Gasteiger partial charge in [-0.1, -0.05) is 6.92 Å². The van der Waals surface area contributed by atoms with E-state index in [0.717, 1.165) is 18.9 Å². The van der Waals surface area contributed by atoms with E-state index in [-0.39, 0.29) is 0 Å². The first kappa shape index (κ1) is 13.3. The molecule has 0 spiro atoms. The Bertz CT molecular complexity index is 151. The van der Waals surface area contributed by atoms with Crippen molar-refractivity contribution in [3.05, 3.63) is 0 Å². The third-order valence-corrected chi connectivity index (χ3v) is 3.84. The van der Waals surface area contributed by atoms with Crippen molar-refractivity contribution in [3.8, 4) is 0 Å². The van der Waals surface area contributed by atoms with Crippen LogP contribution in [0.15, 0.2) is 0 Å². The molecule has 0 aromatic heterocycles. The van der Waals surface area contributed by atoms with E-state index in [1.165, 1.54) is 43.9 Å². The Balaban J connectivity index is 2.02. The van der Waals surface area contributed by atoms with Crippen LogP contribution >= 0.6 is 11.8 Å². The summed E-state index contributed by atoms with van der Waals surface area (Å²) in [6.45, 7) is 5.04. The van der Waals surface area contributed by atoms with E-state index in [1.807, 2.05) is 11.8 Å². The van der Waals surface area contributed by atoms with E-state index in [0.29, 0.717) is 6.61 Å². The van der Waals surface area contributed by atoms with Gasteiger partial charge >= 0.3 is 0 Å². The quantitative estimate of drug-likeness (QED) is 0.584. The Kier molecular flexibility index (Phi) is 7.49. The molecule has 1 fully saturated rings. The Morgan fingerprint density at radius 1 is 1.20 bits per heavy atom. The number of aliphatic hydroxyl groups is 1. The van der Waals surface area contributed by atoms with Gasteiger partial charge in [0.2, 0.25) is 0 Å². The van der Waals surface area contributed by atoms with E-state index in [4.69, 9.17) is 5.11 Å². The summed E-state index contributed by atoms with van der Waals surface area (Å²) in [6, 6.07) is 0.885. The molecule has 0 unspecified atom stereocenters. The van der Waals surface area contributed by atoms with Crippen LogP contribution in [0.2, 0.25) is 0 Å². The van der Waals surface area contributed by atoms with Gasteiger partial charge in [-0.3, -0.25) is 0 Å². The minimum absolute atomic E-state index is 0.351. The SMILES string of the molecule is CCSCCCN(CCCCO)C1CC1. The number of aliphatic hydroxyl groups excluding tert-OH is 1. The average Bonchev–Trinajstić information content (AvgIpc) is 3.05. The average molecular weight is 231 g/mol. The summed E-state index contributed by atoms with van der Waals surface area (Å²) in [5, 5.41) is 8.76. The molecule has 3 heteroatoms. The van der Waals surface area contributed by atoms with Crippen molar-refractivity contribution in [1.29, 1.82) is 0 Å². The normalized spacial score (nSPS) is 16.2. The third-order valence-electron chi connectivity index (χ3n) is 2.85. The predicted octanol–water partition coefficient (Wildman–Crippen LogP) is 2.37. The van der Waals surface area contributed by atoms with E-state index in [9.17, 15) is 0 Å². The molecule has 1 rings (SSSR count). The summed E-state index contributed by atoms with van der Waals surface area (Å²) in [5.74, 6) is 2.55. The monoisotopic (exact) mass is 231 g/mol. The highest BCUT2D eigenvalue weighted by Gasteiger charge is 2.27. The number of unbranched alkanes of at least 4 members (excludes halogenated alkanes) is 1. The van der Waals surface area contributed by atoms with Gasteiger partial charge in [-0.2, -0.15) is 11.8 Å². The highest BCUT2D eigenvalue weighted by atomic mass is 32.2. The van der Waals surface area contributed by atoms with Gasteiger partial charge in [0.25, 0.3) is 0 Å². The third kappa shape index (κ3) is 6.44. The number of rotatable bonds is 10. The van der Waals surface area contributed by atoms with Gasteiger partial charge in [-0.05, 0) is 56.7 Å². The van der Waals surface area contributed by atoms with Crippen molar-refractivity contribution in [2.75, 3.05) is 31.2 Å². The molecule has 0 saturated heterocycles. The van der Waals surface area contributed by atoms with Crippen LogP contribution in [-0.4, -0.2) is 47.3 Å². The van der Waals surface area contributed by atoms with Crippen molar-refractivity contribution < 1.29 is 5.11 Å². The van der Waals surface area contributed by atoms with Crippen LogP contribution < -0.4 is 0 Å². The Morgan fingerprint density at radius 2 is 1.93 bits per heavy atom. The predicted molar refractivity (Wildman–Crippen MR) is 68.5 cm³/mol. The molecule has 0 aromatic carbocycles. The van der Waals surface area contributed by atoms with Crippen LogP contribution in [0.3, 0.4) is 0 Å². The first-order valence-electron chi connectivity index (χ1n) is 6.31. The molecule has 0 heterocycles. The second-order valence-corrected chi connectivity index (χ2v) is 5.64. The first-order valence-corrected chi connectivity index (χ1v) is 7.46. The van der Waals surface area contributed by atoms with Crippen LogP contribution in [0.1, 0.15) is 39.0 Å². The zero-order valence-corrected chi connectivity index (χ0v) is 10.8. The van der Waals surface area contributed by atoms with Gasteiger partial charge in [-0.15, -0.1) is 0 Å². The largest absolute Gasteiger partial charge is 0.396 e. The number of nitrogens with zero attached hydrogens (tertiary/aromatic N) is 1. The zero-order valence-electron chi connectivity index (χ0n) is 9.95. The van der Waals surface area contributed by atoms with Crippen LogP contribution in [0, 0.1) is 0 Å². The molecule has 1 N–H and O–H groups in total. The molecule has 0 aliphatic heterocycles. The Labute approximate surface area is 98.4 Å². The Hall–Kier alpha value is 0.270. The minimum atomic E-state index is 0.351. The molecular weight excluding hydrogens is 206 g/mol. The molecule has 0 aromatic rings. The summed E-state index contributed by atoms with van der Waals surface area (Å²) in [5.41, 5.74) is 0. The summed E-state index contributed by atoms with van der Waals surface area (Å²) in [4.78, 5) is 2.63. The van der Waals surface area contributed by atoms with Crippen LogP contribution in [0.25, 0.3) is 0 Å². The maximum absolute atomic E-state index is 8.76. The lowest BCUT2D eigenvalue weighted by Gasteiger charge is -2.21. The van der Waals surface area contributed by atoms with Crippen molar-refractivity contribution >= 4 is 11.8 Å².